The molecule has 0 unspecified atom stereocenters. The molecule has 2 aromatic carbocycles. The molecule has 0 fully saturated rings. The van der Waals surface area contributed by atoms with Gasteiger partial charge in [-0.1, -0.05) is 36.4 Å². The minimum atomic E-state index is -6.08. The van der Waals surface area contributed by atoms with E-state index >= 15 is 0 Å². The summed E-state index contributed by atoms with van der Waals surface area (Å²) in [7, 11) is -4.15. The molecular formula is C20H13F6NO4S2. The Morgan fingerprint density at radius 2 is 1.39 bits per heavy atom. The highest BCUT2D eigenvalue weighted by molar-refractivity contribution is 7.92. The standard InChI is InChI=1S/C20H13F6NO4S2/c21-19(22,23)18(20(24,25)26,31-17(28)16-7-4-12-32-16)13-8-10-14(11-9-13)27-33(29,30)15-5-2-1-3-6-15/h1-12,27H. The second kappa shape index (κ2) is 8.71. The molecule has 1 heterocycles. The number of esters is 1. The van der Waals surface area contributed by atoms with Gasteiger partial charge in [0.2, 0.25) is 0 Å². The third-order valence-electron chi connectivity index (χ3n) is 4.36. The molecule has 0 amide bonds. The first-order valence-corrected chi connectivity index (χ1v) is 11.2. The average Bonchev–Trinajstić information content (AvgIpc) is 3.26. The van der Waals surface area contributed by atoms with Crippen LogP contribution in [-0.4, -0.2) is 26.7 Å². The number of alkyl halides is 6. The quantitative estimate of drug-likeness (QED) is 0.341. The van der Waals surface area contributed by atoms with E-state index in [2.05, 4.69) is 9.46 Å². The fourth-order valence-corrected chi connectivity index (χ4v) is 4.51. The van der Waals surface area contributed by atoms with Gasteiger partial charge in [0.15, 0.2) is 0 Å². The van der Waals surface area contributed by atoms with Gasteiger partial charge in [0, 0.05) is 11.3 Å². The summed E-state index contributed by atoms with van der Waals surface area (Å²) in [6.07, 6.45) is -12.2. The normalized spacial score (nSPS) is 12.9. The number of rotatable bonds is 6. The molecule has 0 saturated carbocycles. The smallest absolute Gasteiger partial charge is 0.430 e. The van der Waals surface area contributed by atoms with Crippen LogP contribution in [0.25, 0.3) is 0 Å². The molecule has 33 heavy (non-hydrogen) atoms. The minimum absolute atomic E-state index is 0.168. The van der Waals surface area contributed by atoms with Gasteiger partial charge in [-0.3, -0.25) is 4.72 Å². The molecule has 176 valence electrons. The SMILES string of the molecule is O=C(OC(c1ccc(NS(=O)(=O)c2ccccc2)cc1)(C(F)(F)F)C(F)(F)F)c1cccs1. The Hall–Kier alpha value is -3.06. The summed E-state index contributed by atoms with van der Waals surface area (Å²) < 4.78 is 114. The summed E-state index contributed by atoms with van der Waals surface area (Å²) in [5.74, 6) is -1.81. The van der Waals surface area contributed by atoms with Crippen LogP contribution < -0.4 is 4.72 Å². The number of hydrogen-bond acceptors (Lipinski definition) is 5. The molecular weight excluding hydrogens is 496 g/mol. The molecule has 0 bridgehead atoms. The number of anilines is 1. The Kier molecular flexibility index (Phi) is 6.48. The number of hydrogen-bond donors (Lipinski definition) is 1. The number of carbonyl (C=O) groups is 1. The predicted octanol–water partition coefficient (Wildman–Crippen LogP) is 5.73. The third kappa shape index (κ3) is 4.83. The maximum atomic E-state index is 13.8. The number of sulfonamides is 1. The number of carbonyl (C=O) groups excluding carboxylic acids is 1. The molecule has 5 nitrogen and oxygen atoms in total. The zero-order chi connectivity index (χ0) is 24.5. The van der Waals surface area contributed by atoms with Gasteiger partial charge >= 0.3 is 23.9 Å². The van der Waals surface area contributed by atoms with Gasteiger partial charge in [0.05, 0.1) is 4.90 Å². The summed E-state index contributed by atoms with van der Waals surface area (Å²) in [5.41, 5.74) is -6.72. The highest BCUT2D eigenvalue weighted by Gasteiger charge is 2.75. The molecule has 0 atom stereocenters. The van der Waals surface area contributed by atoms with Crippen molar-refractivity contribution in [2.45, 2.75) is 22.8 Å². The highest BCUT2D eigenvalue weighted by atomic mass is 32.2. The number of ether oxygens (including phenoxy) is 1. The molecule has 0 aliphatic heterocycles. The van der Waals surface area contributed by atoms with E-state index in [9.17, 15) is 39.6 Å². The Labute approximate surface area is 187 Å². The predicted molar refractivity (Wildman–Crippen MR) is 107 cm³/mol. The lowest BCUT2D eigenvalue weighted by molar-refractivity contribution is -0.373. The molecule has 1 aromatic heterocycles. The van der Waals surface area contributed by atoms with Crippen LogP contribution in [-0.2, 0) is 20.4 Å². The van der Waals surface area contributed by atoms with Crippen molar-refractivity contribution in [3.63, 3.8) is 0 Å². The topological polar surface area (TPSA) is 72.5 Å². The van der Waals surface area contributed by atoms with Crippen LogP contribution in [0.15, 0.2) is 77.0 Å². The van der Waals surface area contributed by atoms with Crippen molar-refractivity contribution in [3.8, 4) is 0 Å². The van der Waals surface area contributed by atoms with E-state index < -0.39 is 44.4 Å². The van der Waals surface area contributed by atoms with Crippen molar-refractivity contribution in [1.82, 2.24) is 0 Å². The third-order valence-corrected chi connectivity index (χ3v) is 6.61. The van der Waals surface area contributed by atoms with E-state index in [0.717, 1.165) is 6.07 Å². The second-order valence-electron chi connectivity index (χ2n) is 6.54. The number of thiophene rings is 1. The van der Waals surface area contributed by atoms with Crippen LogP contribution in [0.3, 0.4) is 0 Å². The lowest BCUT2D eigenvalue weighted by Gasteiger charge is -2.36. The van der Waals surface area contributed by atoms with Crippen LogP contribution in [0.1, 0.15) is 15.2 Å². The van der Waals surface area contributed by atoms with E-state index in [1.54, 1.807) is 6.07 Å². The van der Waals surface area contributed by atoms with Gasteiger partial charge in [-0.2, -0.15) is 26.3 Å². The van der Waals surface area contributed by atoms with Crippen molar-refractivity contribution in [2.24, 2.45) is 0 Å². The Bertz CT molecular complexity index is 1190. The van der Waals surface area contributed by atoms with Crippen molar-refractivity contribution >= 4 is 33.0 Å². The van der Waals surface area contributed by atoms with Gasteiger partial charge in [-0.25, -0.2) is 13.2 Å². The fourth-order valence-electron chi connectivity index (χ4n) is 2.83. The van der Waals surface area contributed by atoms with E-state index in [-0.39, 0.29) is 10.6 Å². The summed E-state index contributed by atoms with van der Waals surface area (Å²) in [6, 6.07) is 11.4. The largest absolute Gasteiger partial charge is 0.442 e. The molecule has 13 heteroatoms. The highest BCUT2D eigenvalue weighted by Crippen LogP contribution is 2.53. The van der Waals surface area contributed by atoms with Gasteiger partial charge in [0.1, 0.15) is 4.88 Å². The second-order valence-corrected chi connectivity index (χ2v) is 9.17. The van der Waals surface area contributed by atoms with Crippen LogP contribution in [0, 0.1) is 0 Å². The maximum absolute atomic E-state index is 13.8. The zero-order valence-electron chi connectivity index (χ0n) is 16.1. The average molecular weight is 509 g/mol. The zero-order valence-corrected chi connectivity index (χ0v) is 17.8. The molecule has 0 radical (unpaired) electrons. The minimum Gasteiger partial charge on any atom is -0.430 e. The van der Waals surface area contributed by atoms with Crippen LogP contribution in [0.5, 0.6) is 0 Å². The number of nitrogens with one attached hydrogen (secondary N) is 1. The monoisotopic (exact) mass is 509 g/mol. The van der Waals surface area contributed by atoms with Crippen LogP contribution in [0.2, 0.25) is 0 Å². The first kappa shape index (κ1) is 24.6. The molecule has 0 aliphatic rings. The van der Waals surface area contributed by atoms with Gasteiger partial charge in [0.25, 0.3) is 10.0 Å². The molecule has 0 aliphatic carbocycles. The van der Waals surface area contributed by atoms with E-state index in [0.29, 0.717) is 35.6 Å². The van der Waals surface area contributed by atoms with Crippen molar-refractivity contribution in [2.75, 3.05) is 4.72 Å². The van der Waals surface area contributed by atoms with Crippen LogP contribution >= 0.6 is 11.3 Å². The Balaban J connectivity index is 2.02. The lowest BCUT2D eigenvalue weighted by Crippen LogP contribution is -2.56. The molecule has 0 spiro atoms. The first-order valence-electron chi connectivity index (χ1n) is 8.87. The Morgan fingerprint density at radius 1 is 0.818 bits per heavy atom. The van der Waals surface area contributed by atoms with E-state index in [1.165, 1.54) is 35.7 Å². The molecule has 0 saturated heterocycles. The van der Waals surface area contributed by atoms with E-state index in [1.807, 2.05) is 0 Å². The molecule has 3 rings (SSSR count). The first-order chi connectivity index (χ1) is 15.3. The van der Waals surface area contributed by atoms with Crippen LogP contribution in [0.4, 0.5) is 32.0 Å². The fraction of sp³-hybridized carbons (Fsp3) is 0.150. The number of benzene rings is 2. The summed E-state index contributed by atoms with van der Waals surface area (Å²) >= 11 is 0.609. The summed E-state index contributed by atoms with van der Waals surface area (Å²) in [4.78, 5) is 11.5. The van der Waals surface area contributed by atoms with Crippen molar-refractivity contribution in [1.29, 1.82) is 0 Å². The van der Waals surface area contributed by atoms with E-state index in [4.69, 9.17) is 0 Å². The van der Waals surface area contributed by atoms with Crippen molar-refractivity contribution in [3.05, 3.63) is 82.6 Å². The molecule has 3 aromatic rings. The lowest BCUT2D eigenvalue weighted by atomic mass is 9.91. The van der Waals surface area contributed by atoms with Crippen molar-refractivity contribution < 1.29 is 44.3 Å². The van der Waals surface area contributed by atoms with Gasteiger partial charge < -0.3 is 4.74 Å². The van der Waals surface area contributed by atoms with Gasteiger partial charge in [-0.05, 0) is 35.7 Å². The Morgan fingerprint density at radius 3 is 1.88 bits per heavy atom. The maximum Gasteiger partial charge on any atom is 0.442 e. The number of halogens is 6. The molecule has 1 N–H and O–H groups in total. The summed E-state index contributed by atoms with van der Waals surface area (Å²) in [6.45, 7) is 0. The van der Waals surface area contributed by atoms with Gasteiger partial charge in [-0.15, -0.1) is 11.3 Å². The summed E-state index contributed by atoms with van der Waals surface area (Å²) in [5, 5.41) is 1.28.